The van der Waals surface area contributed by atoms with E-state index in [2.05, 4.69) is 33.4 Å². The van der Waals surface area contributed by atoms with Crippen LogP contribution >= 0.6 is 0 Å². The van der Waals surface area contributed by atoms with E-state index < -0.39 is 0 Å². The lowest BCUT2D eigenvalue weighted by molar-refractivity contribution is 0.0898. The molecule has 0 saturated heterocycles. The smallest absolute Gasteiger partial charge is 0.121 e. The van der Waals surface area contributed by atoms with E-state index in [1.54, 1.807) is 6.26 Å². The molecule has 0 aromatic heterocycles. The molecule has 12 heavy (non-hydrogen) atoms. The van der Waals surface area contributed by atoms with Crippen LogP contribution in [0.5, 0.6) is 0 Å². The van der Waals surface area contributed by atoms with Gasteiger partial charge in [0.2, 0.25) is 0 Å². The van der Waals surface area contributed by atoms with Crippen LogP contribution < -0.4 is 0 Å². The molecule has 0 aliphatic heterocycles. The van der Waals surface area contributed by atoms with Crippen LogP contribution in [0.2, 0.25) is 0 Å². The molecule has 0 aromatic rings. The Morgan fingerprint density at radius 1 is 1.58 bits per heavy atom. The van der Waals surface area contributed by atoms with E-state index in [4.69, 9.17) is 4.74 Å². The van der Waals surface area contributed by atoms with E-state index in [0.29, 0.717) is 5.92 Å². The van der Waals surface area contributed by atoms with Crippen molar-refractivity contribution in [1.29, 1.82) is 0 Å². The molecule has 1 heteroatoms. The second-order valence-corrected chi connectivity index (χ2v) is 3.74. The molecule has 0 bridgehead atoms. The second-order valence-electron chi connectivity index (χ2n) is 3.74. The molecule has 0 fully saturated rings. The molecule has 0 N–H and O–H groups in total. The fourth-order valence-corrected chi connectivity index (χ4v) is 1.75. The summed E-state index contributed by atoms with van der Waals surface area (Å²) in [6.07, 6.45) is 5.27. The molecule has 0 aromatic carbocycles. The summed E-state index contributed by atoms with van der Waals surface area (Å²) in [4.78, 5) is 0. The molecule has 0 amide bonds. The Hall–Kier alpha value is -0.720. The summed E-state index contributed by atoms with van der Waals surface area (Å²) in [7, 11) is 0. The Kier molecular flexibility index (Phi) is 2.96. The van der Waals surface area contributed by atoms with Gasteiger partial charge in [-0.2, -0.15) is 0 Å². The topological polar surface area (TPSA) is 9.23 Å². The minimum Gasteiger partial charge on any atom is -0.494 e. The standard InChI is InChI=1S/C11H18O/c1-5-12-11-9(3)7-6-8(2)10(11)4/h5,7-8,10-11H,1,6H2,2-4H3/t8?,10?,11-/m0/s1. The van der Waals surface area contributed by atoms with Gasteiger partial charge in [-0.1, -0.05) is 26.5 Å². The van der Waals surface area contributed by atoms with Crippen molar-refractivity contribution in [2.45, 2.75) is 33.3 Å². The fourth-order valence-electron chi connectivity index (χ4n) is 1.75. The van der Waals surface area contributed by atoms with E-state index in [1.165, 1.54) is 12.0 Å². The molecule has 3 atom stereocenters. The largest absolute Gasteiger partial charge is 0.494 e. The maximum atomic E-state index is 5.47. The summed E-state index contributed by atoms with van der Waals surface area (Å²) in [6, 6.07) is 0. The number of allylic oxidation sites excluding steroid dienone is 1. The minimum atomic E-state index is 0.256. The van der Waals surface area contributed by atoms with Crippen molar-refractivity contribution in [3.63, 3.8) is 0 Å². The third kappa shape index (κ3) is 1.71. The zero-order valence-corrected chi connectivity index (χ0v) is 8.21. The average molecular weight is 166 g/mol. The van der Waals surface area contributed by atoms with Crippen molar-refractivity contribution >= 4 is 0 Å². The van der Waals surface area contributed by atoms with Crippen LogP contribution in [0.4, 0.5) is 0 Å². The van der Waals surface area contributed by atoms with Crippen LogP contribution in [0.25, 0.3) is 0 Å². The summed E-state index contributed by atoms with van der Waals surface area (Å²) in [6.45, 7) is 10.3. The summed E-state index contributed by atoms with van der Waals surface area (Å²) >= 11 is 0. The lowest BCUT2D eigenvalue weighted by atomic mass is 9.80. The molecule has 1 aliphatic carbocycles. The second kappa shape index (κ2) is 3.79. The monoisotopic (exact) mass is 166 g/mol. The van der Waals surface area contributed by atoms with Gasteiger partial charge in [-0.25, -0.2) is 0 Å². The number of ether oxygens (including phenoxy) is 1. The van der Waals surface area contributed by atoms with Crippen LogP contribution in [0.3, 0.4) is 0 Å². The van der Waals surface area contributed by atoms with Gasteiger partial charge in [0.25, 0.3) is 0 Å². The van der Waals surface area contributed by atoms with Crippen LogP contribution in [0, 0.1) is 11.8 Å². The maximum Gasteiger partial charge on any atom is 0.121 e. The highest BCUT2D eigenvalue weighted by Gasteiger charge is 2.27. The van der Waals surface area contributed by atoms with Crippen molar-refractivity contribution in [1.82, 2.24) is 0 Å². The van der Waals surface area contributed by atoms with E-state index in [9.17, 15) is 0 Å². The van der Waals surface area contributed by atoms with Gasteiger partial charge in [-0.05, 0) is 30.8 Å². The van der Waals surface area contributed by atoms with Gasteiger partial charge in [0, 0.05) is 0 Å². The van der Waals surface area contributed by atoms with Crippen molar-refractivity contribution in [3.05, 3.63) is 24.5 Å². The molecule has 68 valence electrons. The molecule has 1 rings (SSSR count). The fraction of sp³-hybridized carbons (Fsp3) is 0.636. The lowest BCUT2D eigenvalue weighted by Gasteiger charge is -2.32. The first-order valence-electron chi connectivity index (χ1n) is 4.59. The van der Waals surface area contributed by atoms with E-state index in [1.807, 2.05) is 0 Å². The molecular weight excluding hydrogens is 148 g/mol. The average Bonchev–Trinajstić information content (AvgIpc) is 2.06. The first kappa shape index (κ1) is 9.37. The molecule has 0 radical (unpaired) electrons. The Bertz CT molecular complexity index is 193. The summed E-state index contributed by atoms with van der Waals surface area (Å²) in [5.41, 5.74) is 1.35. The maximum absolute atomic E-state index is 5.47. The molecule has 1 aliphatic rings. The van der Waals surface area contributed by atoms with Crippen LogP contribution in [0.15, 0.2) is 24.5 Å². The zero-order valence-electron chi connectivity index (χ0n) is 8.21. The van der Waals surface area contributed by atoms with Crippen molar-refractivity contribution in [2.24, 2.45) is 11.8 Å². The Balaban J connectivity index is 2.72. The Morgan fingerprint density at radius 2 is 2.25 bits per heavy atom. The molecule has 2 unspecified atom stereocenters. The quantitative estimate of drug-likeness (QED) is 0.452. The van der Waals surface area contributed by atoms with Gasteiger partial charge < -0.3 is 4.74 Å². The highest BCUT2D eigenvalue weighted by atomic mass is 16.5. The third-order valence-electron chi connectivity index (χ3n) is 2.88. The lowest BCUT2D eigenvalue weighted by Crippen LogP contribution is -2.29. The van der Waals surface area contributed by atoms with Gasteiger partial charge in [-0.3, -0.25) is 0 Å². The van der Waals surface area contributed by atoms with Crippen LogP contribution in [-0.2, 0) is 4.74 Å². The van der Waals surface area contributed by atoms with Gasteiger partial charge in [0.05, 0.1) is 6.26 Å². The van der Waals surface area contributed by atoms with Crippen molar-refractivity contribution < 1.29 is 4.74 Å². The SMILES string of the molecule is C=CO[C@H]1C(C)=CCC(C)C1C. The zero-order chi connectivity index (χ0) is 9.14. The normalized spacial score (nSPS) is 35.6. The number of hydrogen-bond acceptors (Lipinski definition) is 1. The van der Waals surface area contributed by atoms with E-state index in [0.717, 1.165) is 5.92 Å². The summed E-state index contributed by atoms with van der Waals surface area (Å²) < 4.78 is 5.47. The highest BCUT2D eigenvalue weighted by molar-refractivity contribution is 5.12. The molecule has 0 spiro atoms. The van der Waals surface area contributed by atoms with Gasteiger partial charge in [0.15, 0.2) is 0 Å². The Morgan fingerprint density at radius 3 is 2.83 bits per heavy atom. The van der Waals surface area contributed by atoms with E-state index >= 15 is 0 Å². The molecule has 0 saturated carbocycles. The first-order valence-corrected chi connectivity index (χ1v) is 4.59. The Labute approximate surface area is 75.1 Å². The third-order valence-corrected chi connectivity index (χ3v) is 2.88. The van der Waals surface area contributed by atoms with Gasteiger partial charge in [-0.15, -0.1) is 0 Å². The molecular formula is C11H18O. The van der Waals surface area contributed by atoms with Gasteiger partial charge >= 0.3 is 0 Å². The predicted molar refractivity (Wildman–Crippen MR) is 51.8 cm³/mol. The summed E-state index contributed by atoms with van der Waals surface area (Å²) in [5, 5.41) is 0. The van der Waals surface area contributed by atoms with Gasteiger partial charge in [0.1, 0.15) is 6.10 Å². The van der Waals surface area contributed by atoms with Crippen molar-refractivity contribution in [3.8, 4) is 0 Å². The first-order chi connectivity index (χ1) is 5.66. The molecule has 1 nitrogen and oxygen atoms in total. The summed E-state index contributed by atoms with van der Waals surface area (Å²) in [5.74, 6) is 1.33. The van der Waals surface area contributed by atoms with Crippen LogP contribution in [0.1, 0.15) is 27.2 Å². The predicted octanol–water partition coefficient (Wildman–Crippen LogP) is 3.14. The minimum absolute atomic E-state index is 0.256. The molecule has 0 heterocycles. The van der Waals surface area contributed by atoms with Crippen molar-refractivity contribution in [2.75, 3.05) is 0 Å². The number of rotatable bonds is 2. The van der Waals surface area contributed by atoms with E-state index in [-0.39, 0.29) is 6.10 Å². The highest BCUT2D eigenvalue weighted by Crippen LogP contribution is 2.31. The number of hydrogen-bond donors (Lipinski definition) is 0. The van der Waals surface area contributed by atoms with Crippen LogP contribution in [-0.4, -0.2) is 6.10 Å².